The van der Waals surface area contributed by atoms with Crippen molar-refractivity contribution in [3.8, 4) is 5.69 Å². The van der Waals surface area contributed by atoms with E-state index in [2.05, 4.69) is 0 Å². The Hall–Kier alpha value is -0.880. The summed E-state index contributed by atoms with van der Waals surface area (Å²) in [5.74, 6) is 0. The van der Waals surface area contributed by atoms with E-state index >= 15 is 0 Å². The molecule has 0 amide bonds. The van der Waals surface area contributed by atoms with Gasteiger partial charge in [0.25, 0.3) is 0 Å². The molecular formula is C13H6Cl4F3NO. The van der Waals surface area contributed by atoms with Gasteiger partial charge in [0, 0.05) is 0 Å². The molecule has 0 saturated heterocycles. The van der Waals surface area contributed by atoms with E-state index in [4.69, 9.17) is 46.4 Å². The van der Waals surface area contributed by atoms with Gasteiger partial charge in [-0.1, -0.05) is 46.4 Å². The van der Waals surface area contributed by atoms with E-state index in [9.17, 15) is 18.0 Å². The van der Waals surface area contributed by atoms with E-state index in [1.165, 1.54) is 0 Å². The first-order chi connectivity index (χ1) is 10.1. The number of carbonyl (C=O) groups is 1. The highest BCUT2D eigenvalue weighted by molar-refractivity contribution is 6.40. The smallest absolute Gasteiger partial charge is 0.298 e. The highest BCUT2D eigenvalue weighted by atomic mass is 35.5. The normalized spacial score (nSPS) is 11.8. The van der Waals surface area contributed by atoms with Crippen molar-refractivity contribution in [2.45, 2.75) is 13.1 Å². The van der Waals surface area contributed by atoms with Crippen molar-refractivity contribution in [1.82, 2.24) is 4.57 Å². The average Bonchev–Trinajstić information content (AvgIpc) is 2.60. The fourth-order valence-corrected chi connectivity index (χ4v) is 3.24. The molecule has 2 aromatic rings. The van der Waals surface area contributed by atoms with Gasteiger partial charge in [0.2, 0.25) is 0 Å². The lowest BCUT2D eigenvalue weighted by atomic mass is 10.2. The third kappa shape index (κ3) is 2.83. The Morgan fingerprint density at radius 3 is 1.91 bits per heavy atom. The van der Waals surface area contributed by atoms with Gasteiger partial charge in [-0.05, 0) is 24.6 Å². The summed E-state index contributed by atoms with van der Waals surface area (Å²) in [6, 6.07) is 1.43. The molecular weight excluding hydrogens is 385 g/mol. The summed E-state index contributed by atoms with van der Waals surface area (Å²) in [6.45, 7) is 1.54. The molecule has 0 unspecified atom stereocenters. The number of nitrogens with zero attached hydrogens (tertiary/aromatic N) is 1. The van der Waals surface area contributed by atoms with Crippen molar-refractivity contribution in [3.63, 3.8) is 0 Å². The maximum atomic E-state index is 12.7. The highest BCUT2D eigenvalue weighted by Crippen LogP contribution is 2.41. The Labute approximate surface area is 143 Å². The second kappa shape index (κ2) is 5.96. The van der Waals surface area contributed by atoms with Crippen LogP contribution in [0.2, 0.25) is 20.4 Å². The number of rotatable bonds is 2. The Morgan fingerprint density at radius 2 is 1.55 bits per heavy atom. The van der Waals surface area contributed by atoms with Crippen LogP contribution in [0.5, 0.6) is 0 Å². The Kier molecular flexibility index (Phi) is 4.74. The molecule has 22 heavy (non-hydrogen) atoms. The van der Waals surface area contributed by atoms with Gasteiger partial charge in [-0.15, -0.1) is 0 Å². The van der Waals surface area contributed by atoms with Crippen LogP contribution in [-0.2, 0) is 6.18 Å². The summed E-state index contributed by atoms with van der Waals surface area (Å²) in [5, 5.41) is -0.635. The molecule has 118 valence electrons. The van der Waals surface area contributed by atoms with Gasteiger partial charge in [0.1, 0.15) is 10.3 Å². The van der Waals surface area contributed by atoms with Gasteiger partial charge in [-0.2, -0.15) is 13.2 Å². The van der Waals surface area contributed by atoms with Crippen LogP contribution in [0, 0.1) is 6.92 Å². The molecule has 2 rings (SSSR count). The van der Waals surface area contributed by atoms with Gasteiger partial charge in [0.05, 0.1) is 26.9 Å². The summed E-state index contributed by atoms with van der Waals surface area (Å²) in [7, 11) is 0. The third-order valence-electron chi connectivity index (χ3n) is 3.01. The van der Waals surface area contributed by atoms with Gasteiger partial charge < -0.3 is 0 Å². The number of halogens is 7. The van der Waals surface area contributed by atoms with Crippen molar-refractivity contribution < 1.29 is 18.0 Å². The molecule has 0 radical (unpaired) electrons. The predicted octanol–water partition coefficient (Wildman–Crippen LogP) is 6.23. The van der Waals surface area contributed by atoms with E-state index in [0.29, 0.717) is 24.0 Å². The zero-order valence-electron chi connectivity index (χ0n) is 10.7. The maximum Gasteiger partial charge on any atom is 0.416 e. The van der Waals surface area contributed by atoms with Gasteiger partial charge >= 0.3 is 6.18 Å². The van der Waals surface area contributed by atoms with E-state index in [0.717, 1.165) is 4.57 Å². The molecule has 1 aromatic heterocycles. The summed E-state index contributed by atoms with van der Waals surface area (Å²) in [4.78, 5) is 11.0. The van der Waals surface area contributed by atoms with Crippen LogP contribution in [0.3, 0.4) is 0 Å². The SMILES string of the molecule is Cc1c(C=O)c(Cl)n(-c2c(Cl)cc(C(F)(F)F)cc2Cl)c1Cl. The average molecular weight is 391 g/mol. The van der Waals surface area contributed by atoms with Crippen molar-refractivity contribution in [2.24, 2.45) is 0 Å². The van der Waals surface area contributed by atoms with Crippen LogP contribution >= 0.6 is 46.4 Å². The number of aromatic nitrogens is 1. The molecule has 1 heterocycles. The van der Waals surface area contributed by atoms with E-state index in [-0.39, 0.29) is 31.6 Å². The first-order valence-corrected chi connectivity index (χ1v) is 7.18. The zero-order chi connectivity index (χ0) is 16.8. The van der Waals surface area contributed by atoms with E-state index in [1.54, 1.807) is 6.92 Å². The molecule has 1 aromatic carbocycles. The topological polar surface area (TPSA) is 22.0 Å². The molecule has 0 aliphatic heterocycles. The largest absolute Gasteiger partial charge is 0.416 e. The second-order valence-electron chi connectivity index (χ2n) is 4.36. The number of benzene rings is 1. The van der Waals surface area contributed by atoms with Gasteiger partial charge in [0.15, 0.2) is 6.29 Å². The fourth-order valence-electron chi connectivity index (χ4n) is 1.92. The molecule has 0 aliphatic carbocycles. The first kappa shape index (κ1) is 17.5. The lowest BCUT2D eigenvalue weighted by Crippen LogP contribution is -2.07. The van der Waals surface area contributed by atoms with Crippen LogP contribution in [0.4, 0.5) is 13.2 Å². The standard InChI is InChI=1S/C13H6Cl4F3NO/c1-5-7(4-22)12(17)21(11(5)16)10-8(14)2-6(3-9(10)15)13(18,19)20/h2-4H,1H3. The maximum absolute atomic E-state index is 12.7. The second-order valence-corrected chi connectivity index (χ2v) is 5.89. The predicted molar refractivity (Wildman–Crippen MR) is 80.9 cm³/mol. The van der Waals surface area contributed by atoms with E-state index in [1.807, 2.05) is 0 Å². The number of aldehydes is 1. The molecule has 0 fully saturated rings. The molecule has 0 atom stereocenters. The van der Waals surface area contributed by atoms with Crippen LogP contribution < -0.4 is 0 Å². The van der Waals surface area contributed by atoms with Crippen molar-refractivity contribution >= 4 is 52.7 Å². The quantitative estimate of drug-likeness (QED) is 0.557. The Bertz CT molecular complexity index is 745. The molecule has 0 bridgehead atoms. The number of hydrogen-bond donors (Lipinski definition) is 0. The van der Waals surface area contributed by atoms with Crippen LogP contribution in [-0.4, -0.2) is 10.9 Å². The summed E-state index contributed by atoms with van der Waals surface area (Å²) in [6.07, 6.45) is -4.11. The minimum Gasteiger partial charge on any atom is -0.298 e. The van der Waals surface area contributed by atoms with Gasteiger partial charge in [-0.25, -0.2) is 0 Å². The van der Waals surface area contributed by atoms with Gasteiger partial charge in [-0.3, -0.25) is 9.36 Å². The highest BCUT2D eigenvalue weighted by Gasteiger charge is 2.33. The monoisotopic (exact) mass is 389 g/mol. The summed E-state index contributed by atoms with van der Waals surface area (Å²) >= 11 is 24.0. The molecule has 0 N–H and O–H groups in total. The van der Waals surface area contributed by atoms with Crippen LogP contribution in [0.1, 0.15) is 21.5 Å². The minimum atomic E-state index is -4.60. The number of hydrogen-bond acceptors (Lipinski definition) is 1. The minimum absolute atomic E-state index is 0.0254. The Balaban J connectivity index is 2.78. The van der Waals surface area contributed by atoms with Crippen LogP contribution in [0.25, 0.3) is 5.69 Å². The lowest BCUT2D eigenvalue weighted by Gasteiger charge is -2.15. The Morgan fingerprint density at radius 1 is 1.05 bits per heavy atom. The van der Waals surface area contributed by atoms with Crippen LogP contribution in [0.15, 0.2) is 12.1 Å². The molecule has 0 spiro atoms. The molecule has 0 aliphatic rings. The number of carbonyl (C=O) groups excluding carboxylic acids is 1. The molecule has 9 heteroatoms. The molecule has 2 nitrogen and oxygen atoms in total. The van der Waals surface area contributed by atoms with E-state index < -0.39 is 11.7 Å². The third-order valence-corrected chi connectivity index (χ3v) is 4.42. The zero-order valence-corrected chi connectivity index (χ0v) is 13.8. The van der Waals surface area contributed by atoms with Crippen molar-refractivity contribution in [1.29, 1.82) is 0 Å². The summed E-state index contributed by atoms with van der Waals surface area (Å²) in [5.41, 5.74) is -0.548. The number of alkyl halides is 3. The first-order valence-electron chi connectivity index (χ1n) is 5.67. The lowest BCUT2D eigenvalue weighted by molar-refractivity contribution is -0.137. The van der Waals surface area contributed by atoms with Crippen molar-refractivity contribution in [3.05, 3.63) is 49.2 Å². The fraction of sp³-hybridized carbons (Fsp3) is 0.154. The summed E-state index contributed by atoms with van der Waals surface area (Å²) < 4.78 is 39.4. The van der Waals surface area contributed by atoms with Crippen molar-refractivity contribution in [2.75, 3.05) is 0 Å². The molecule has 0 saturated carbocycles.